The number of rotatable bonds is 6. The summed E-state index contributed by atoms with van der Waals surface area (Å²) in [6.45, 7) is 1.33. The Hall–Kier alpha value is -3.61. The Morgan fingerprint density at radius 3 is 2.64 bits per heavy atom. The third kappa shape index (κ3) is 4.03. The lowest BCUT2D eigenvalue weighted by Gasteiger charge is -2.18. The molecule has 1 aromatic heterocycles. The summed E-state index contributed by atoms with van der Waals surface area (Å²) >= 11 is 0. The Bertz CT molecular complexity index is 1100. The van der Waals surface area contributed by atoms with Gasteiger partial charge >= 0.3 is 5.63 Å². The maximum Gasteiger partial charge on any atom is 0.347 e. The number of phenolic OH excluding ortho intramolecular Hbond substituents is 1. The highest BCUT2D eigenvalue weighted by atomic mass is 16.5. The largest absolute Gasteiger partial charge is 0.504 e. The number of para-hydroxylation sites is 1. The molecule has 7 heteroatoms. The van der Waals surface area contributed by atoms with E-state index in [1.807, 2.05) is 0 Å². The number of nitrogens with one attached hydrogen (secondary N) is 1. The number of carbonyl (C=O) groups excluding carboxylic acids is 2. The van der Waals surface area contributed by atoms with Crippen LogP contribution in [0.15, 0.2) is 57.7 Å². The minimum atomic E-state index is -0.728. The summed E-state index contributed by atoms with van der Waals surface area (Å²) in [7, 11) is 1.40. The van der Waals surface area contributed by atoms with Gasteiger partial charge in [-0.05, 0) is 29.8 Å². The summed E-state index contributed by atoms with van der Waals surface area (Å²) in [5.74, 6) is -0.652. The van der Waals surface area contributed by atoms with Gasteiger partial charge in [-0.15, -0.1) is 0 Å². The standard InChI is InChI=1S/C21H19NO6/c1-12(23)22-16(13-7-8-17(24)20(10-13)27-2)11-18(25)15-9-14-5-3-4-6-19(14)28-21(15)26/h3-10,16,24H,11H2,1-2H3,(H,22,23). The van der Waals surface area contributed by atoms with Gasteiger partial charge in [0.1, 0.15) is 11.1 Å². The van der Waals surface area contributed by atoms with Gasteiger partial charge in [0, 0.05) is 18.7 Å². The number of methoxy groups -OCH3 is 1. The van der Waals surface area contributed by atoms with E-state index in [9.17, 15) is 19.5 Å². The van der Waals surface area contributed by atoms with E-state index in [4.69, 9.17) is 9.15 Å². The first-order valence-electron chi connectivity index (χ1n) is 8.59. The van der Waals surface area contributed by atoms with Gasteiger partial charge in [0.15, 0.2) is 17.3 Å². The molecule has 0 saturated carbocycles. The lowest BCUT2D eigenvalue weighted by molar-refractivity contribution is -0.119. The second-order valence-corrected chi connectivity index (χ2v) is 6.30. The fourth-order valence-corrected chi connectivity index (χ4v) is 2.96. The van der Waals surface area contributed by atoms with Crippen LogP contribution in [0, 0.1) is 0 Å². The van der Waals surface area contributed by atoms with Crippen LogP contribution >= 0.6 is 0 Å². The van der Waals surface area contributed by atoms with Crippen LogP contribution in [-0.4, -0.2) is 23.9 Å². The van der Waals surface area contributed by atoms with Crippen molar-refractivity contribution >= 4 is 22.7 Å². The Labute approximate surface area is 160 Å². The van der Waals surface area contributed by atoms with Crippen molar-refractivity contribution in [2.24, 2.45) is 0 Å². The quantitative estimate of drug-likeness (QED) is 0.502. The van der Waals surface area contributed by atoms with Gasteiger partial charge < -0.3 is 19.6 Å². The van der Waals surface area contributed by atoms with Crippen LogP contribution in [0.4, 0.5) is 0 Å². The van der Waals surface area contributed by atoms with Crippen LogP contribution in [0.2, 0.25) is 0 Å². The first-order valence-corrected chi connectivity index (χ1v) is 8.59. The van der Waals surface area contributed by atoms with Crippen LogP contribution in [0.3, 0.4) is 0 Å². The molecule has 2 aromatic carbocycles. The van der Waals surface area contributed by atoms with Crippen molar-refractivity contribution < 1.29 is 23.8 Å². The molecule has 0 bridgehead atoms. The molecular weight excluding hydrogens is 362 g/mol. The summed E-state index contributed by atoms with van der Waals surface area (Å²) in [6, 6.07) is 12.2. The molecule has 0 fully saturated rings. The molecule has 28 heavy (non-hydrogen) atoms. The topological polar surface area (TPSA) is 106 Å². The molecule has 1 amide bonds. The molecule has 0 spiro atoms. The van der Waals surface area contributed by atoms with E-state index < -0.39 is 17.5 Å². The van der Waals surface area contributed by atoms with Gasteiger partial charge in [0.05, 0.1) is 13.2 Å². The van der Waals surface area contributed by atoms with Crippen molar-refractivity contribution in [3.8, 4) is 11.5 Å². The predicted molar refractivity (Wildman–Crippen MR) is 103 cm³/mol. The number of ketones is 1. The van der Waals surface area contributed by atoms with Gasteiger partial charge in [-0.3, -0.25) is 9.59 Å². The fourth-order valence-electron chi connectivity index (χ4n) is 2.96. The Balaban J connectivity index is 1.95. The van der Waals surface area contributed by atoms with E-state index in [0.29, 0.717) is 16.5 Å². The molecule has 0 radical (unpaired) electrons. The number of benzene rings is 2. The highest BCUT2D eigenvalue weighted by Gasteiger charge is 2.22. The molecule has 3 rings (SSSR count). The third-order valence-corrected chi connectivity index (χ3v) is 4.31. The summed E-state index contributed by atoms with van der Waals surface area (Å²) in [4.78, 5) is 36.7. The predicted octanol–water partition coefficient (Wildman–Crippen LogP) is 2.96. The number of Topliss-reactive ketones (excluding diaryl/α,β-unsaturated/α-hetero) is 1. The zero-order valence-electron chi connectivity index (χ0n) is 15.4. The normalized spacial score (nSPS) is 11.8. The molecule has 0 aliphatic heterocycles. The number of carbonyl (C=O) groups is 2. The number of phenols is 1. The van der Waals surface area contributed by atoms with Crippen LogP contribution in [0.25, 0.3) is 11.0 Å². The maximum absolute atomic E-state index is 12.8. The van der Waals surface area contributed by atoms with Crippen molar-refractivity contribution in [3.05, 3.63) is 70.1 Å². The number of ether oxygens (including phenoxy) is 1. The van der Waals surface area contributed by atoms with Gasteiger partial charge in [-0.25, -0.2) is 4.79 Å². The molecule has 0 aliphatic carbocycles. The van der Waals surface area contributed by atoms with Crippen LogP contribution in [0.5, 0.6) is 11.5 Å². The summed E-state index contributed by atoms with van der Waals surface area (Å²) in [5.41, 5.74) is 0.141. The van der Waals surface area contributed by atoms with Crippen molar-refractivity contribution in [2.75, 3.05) is 7.11 Å². The molecule has 1 heterocycles. The first kappa shape index (κ1) is 19.2. The van der Waals surface area contributed by atoms with E-state index in [-0.39, 0.29) is 29.4 Å². The number of hydrogen-bond donors (Lipinski definition) is 2. The van der Waals surface area contributed by atoms with E-state index in [0.717, 1.165) is 0 Å². The number of fused-ring (bicyclic) bond motifs is 1. The van der Waals surface area contributed by atoms with Crippen LogP contribution in [-0.2, 0) is 4.79 Å². The Morgan fingerprint density at radius 2 is 1.93 bits per heavy atom. The third-order valence-electron chi connectivity index (χ3n) is 4.31. The van der Waals surface area contributed by atoms with Crippen molar-refractivity contribution in [1.29, 1.82) is 0 Å². The molecule has 0 aliphatic rings. The lowest BCUT2D eigenvalue weighted by atomic mass is 9.97. The van der Waals surface area contributed by atoms with Gasteiger partial charge in [-0.2, -0.15) is 0 Å². The monoisotopic (exact) mass is 381 g/mol. The molecule has 144 valence electrons. The summed E-state index contributed by atoms with van der Waals surface area (Å²) < 4.78 is 10.3. The van der Waals surface area contributed by atoms with Gasteiger partial charge in [0.25, 0.3) is 0 Å². The van der Waals surface area contributed by atoms with Crippen LogP contribution in [0.1, 0.15) is 35.3 Å². The number of hydrogen-bond acceptors (Lipinski definition) is 6. The average molecular weight is 381 g/mol. The second kappa shape index (κ2) is 7.96. The highest BCUT2D eigenvalue weighted by Crippen LogP contribution is 2.30. The van der Waals surface area contributed by atoms with E-state index in [1.54, 1.807) is 30.3 Å². The summed E-state index contributed by atoms with van der Waals surface area (Å²) in [5, 5.41) is 13.1. The van der Waals surface area contributed by atoms with Crippen molar-refractivity contribution in [3.63, 3.8) is 0 Å². The lowest BCUT2D eigenvalue weighted by Crippen LogP contribution is -2.29. The van der Waals surface area contributed by atoms with Crippen molar-refractivity contribution in [2.45, 2.75) is 19.4 Å². The highest BCUT2D eigenvalue weighted by molar-refractivity contribution is 5.98. The SMILES string of the molecule is COc1cc(C(CC(=O)c2cc3ccccc3oc2=O)NC(C)=O)ccc1O. The molecule has 3 aromatic rings. The second-order valence-electron chi connectivity index (χ2n) is 6.30. The zero-order valence-corrected chi connectivity index (χ0v) is 15.4. The minimum absolute atomic E-state index is 0.0608. The van der Waals surface area contributed by atoms with Gasteiger partial charge in [0.2, 0.25) is 5.91 Å². The van der Waals surface area contributed by atoms with Crippen LogP contribution < -0.4 is 15.7 Å². The minimum Gasteiger partial charge on any atom is -0.504 e. The molecule has 0 saturated heterocycles. The number of amides is 1. The van der Waals surface area contributed by atoms with E-state index >= 15 is 0 Å². The smallest absolute Gasteiger partial charge is 0.347 e. The molecular formula is C21H19NO6. The first-order chi connectivity index (χ1) is 13.4. The fraction of sp³-hybridized carbons (Fsp3) is 0.190. The van der Waals surface area contributed by atoms with E-state index in [2.05, 4.69) is 5.32 Å². The van der Waals surface area contributed by atoms with Crippen molar-refractivity contribution in [1.82, 2.24) is 5.32 Å². The Kier molecular flexibility index (Phi) is 5.44. The molecule has 1 atom stereocenters. The zero-order chi connectivity index (χ0) is 20.3. The van der Waals surface area contributed by atoms with Gasteiger partial charge in [-0.1, -0.05) is 24.3 Å². The number of aromatic hydroxyl groups is 1. The Morgan fingerprint density at radius 1 is 1.18 bits per heavy atom. The van der Waals surface area contributed by atoms with E-state index in [1.165, 1.54) is 32.2 Å². The molecule has 7 nitrogen and oxygen atoms in total. The molecule has 1 unspecified atom stereocenters. The summed E-state index contributed by atoms with van der Waals surface area (Å²) in [6.07, 6.45) is -0.156. The molecule has 2 N–H and O–H groups in total. The average Bonchev–Trinajstić information content (AvgIpc) is 2.66. The maximum atomic E-state index is 12.8.